The average molecular weight is 295 g/mol. The Kier molecular flexibility index (Phi) is 3.96. The van der Waals surface area contributed by atoms with Gasteiger partial charge in [-0.2, -0.15) is 0 Å². The number of nitrogens with one attached hydrogen (secondary N) is 1. The zero-order valence-electron chi connectivity index (χ0n) is 13.9. The van der Waals surface area contributed by atoms with Crippen LogP contribution >= 0.6 is 0 Å². The minimum Gasteiger partial charge on any atom is -0.497 e. The molecule has 0 saturated carbocycles. The van der Waals surface area contributed by atoms with E-state index in [2.05, 4.69) is 74.6 Å². The molecule has 0 spiro atoms. The quantitative estimate of drug-likeness (QED) is 0.889. The minimum atomic E-state index is 0.182. The van der Waals surface area contributed by atoms with E-state index >= 15 is 0 Å². The lowest BCUT2D eigenvalue weighted by Crippen LogP contribution is -2.48. The van der Waals surface area contributed by atoms with Crippen LogP contribution in [-0.4, -0.2) is 13.2 Å². The molecule has 2 atom stereocenters. The molecule has 22 heavy (non-hydrogen) atoms. The van der Waals surface area contributed by atoms with Gasteiger partial charge in [-0.15, -0.1) is 0 Å². The smallest absolute Gasteiger partial charge is 0.119 e. The minimum absolute atomic E-state index is 0.182. The fourth-order valence-corrected chi connectivity index (χ4v) is 3.51. The Morgan fingerprint density at radius 3 is 2.41 bits per heavy atom. The second-order valence-electron chi connectivity index (χ2n) is 7.18. The van der Waals surface area contributed by atoms with Crippen LogP contribution in [0.5, 0.6) is 5.75 Å². The molecule has 0 saturated heterocycles. The Morgan fingerprint density at radius 1 is 1.05 bits per heavy atom. The van der Waals surface area contributed by atoms with Crippen LogP contribution in [0.25, 0.3) is 0 Å². The second kappa shape index (κ2) is 5.77. The molecule has 2 nitrogen and oxygen atoms in total. The van der Waals surface area contributed by atoms with Gasteiger partial charge in [0.1, 0.15) is 5.75 Å². The largest absolute Gasteiger partial charge is 0.497 e. The van der Waals surface area contributed by atoms with Gasteiger partial charge in [0.2, 0.25) is 0 Å². The predicted molar refractivity (Wildman–Crippen MR) is 91.4 cm³/mol. The first-order valence-corrected chi connectivity index (χ1v) is 7.96. The van der Waals surface area contributed by atoms with E-state index in [-0.39, 0.29) is 5.41 Å². The standard InChI is InChI=1S/C20H25NO/c1-20(2,3)19-18(14-8-6-5-7-9-14)17-12-16(22-4)11-10-15(17)13-21-19/h5-12,18-19,21H,13H2,1-4H3. The summed E-state index contributed by atoms with van der Waals surface area (Å²) < 4.78 is 5.46. The molecule has 0 fully saturated rings. The van der Waals surface area contributed by atoms with Crippen molar-refractivity contribution >= 4 is 0 Å². The van der Waals surface area contributed by atoms with Gasteiger partial charge < -0.3 is 10.1 Å². The van der Waals surface area contributed by atoms with Crippen molar-refractivity contribution in [1.29, 1.82) is 0 Å². The molecule has 2 heteroatoms. The number of hydrogen-bond donors (Lipinski definition) is 1. The van der Waals surface area contributed by atoms with Crippen LogP contribution in [0.3, 0.4) is 0 Å². The molecule has 116 valence electrons. The van der Waals surface area contributed by atoms with Crippen LogP contribution in [0.4, 0.5) is 0 Å². The van der Waals surface area contributed by atoms with E-state index < -0.39 is 0 Å². The summed E-state index contributed by atoms with van der Waals surface area (Å²) in [5.41, 5.74) is 4.31. The molecular formula is C20H25NO. The van der Waals surface area contributed by atoms with Crippen LogP contribution in [0.15, 0.2) is 48.5 Å². The summed E-state index contributed by atoms with van der Waals surface area (Å²) in [4.78, 5) is 0. The highest BCUT2D eigenvalue weighted by atomic mass is 16.5. The molecule has 2 aromatic rings. The second-order valence-corrected chi connectivity index (χ2v) is 7.18. The number of hydrogen-bond acceptors (Lipinski definition) is 2. The fourth-order valence-electron chi connectivity index (χ4n) is 3.51. The van der Waals surface area contributed by atoms with Gasteiger partial charge in [0.25, 0.3) is 0 Å². The van der Waals surface area contributed by atoms with Crippen molar-refractivity contribution in [2.24, 2.45) is 5.41 Å². The molecule has 1 N–H and O–H groups in total. The van der Waals surface area contributed by atoms with E-state index in [1.165, 1.54) is 16.7 Å². The zero-order chi connectivity index (χ0) is 15.7. The molecule has 2 aromatic carbocycles. The average Bonchev–Trinajstić information content (AvgIpc) is 2.53. The summed E-state index contributed by atoms with van der Waals surface area (Å²) in [6, 6.07) is 17.7. The third-order valence-electron chi connectivity index (χ3n) is 4.63. The van der Waals surface area contributed by atoms with Crippen LogP contribution in [0, 0.1) is 5.41 Å². The number of methoxy groups -OCH3 is 1. The lowest BCUT2D eigenvalue weighted by atomic mass is 9.70. The van der Waals surface area contributed by atoms with E-state index in [0.29, 0.717) is 12.0 Å². The summed E-state index contributed by atoms with van der Waals surface area (Å²) in [7, 11) is 1.74. The van der Waals surface area contributed by atoms with Gasteiger partial charge in [-0.1, -0.05) is 57.2 Å². The third-order valence-corrected chi connectivity index (χ3v) is 4.63. The lowest BCUT2D eigenvalue weighted by Gasteiger charge is -2.42. The first-order valence-electron chi connectivity index (χ1n) is 7.96. The molecule has 0 aromatic heterocycles. The summed E-state index contributed by atoms with van der Waals surface area (Å²) in [5.74, 6) is 1.29. The van der Waals surface area contributed by atoms with Gasteiger partial charge in [-0.3, -0.25) is 0 Å². The number of ether oxygens (including phenoxy) is 1. The lowest BCUT2D eigenvalue weighted by molar-refractivity contribution is 0.233. The Balaban J connectivity index is 2.15. The Labute approximate surface area is 133 Å². The number of benzene rings is 2. The fraction of sp³-hybridized carbons (Fsp3) is 0.400. The zero-order valence-corrected chi connectivity index (χ0v) is 13.9. The SMILES string of the molecule is COc1ccc2c(c1)C(c1ccccc1)C(C(C)(C)C)NC2. The topological polar surface area (TPSA) is 21.3 Å². The van der Waals surface area contributed by atoms with Crippen molar-refractivity contribution in [3.63, 3.8) is 0 Å². The third kappa shape index (κ3) is 2.76. The monoisotopic (exact) mass is 295 g/mol. The highest BCUT2D eigenvalue weighted by molar-refractivity contribution is 5.46. The Morgan fingerprint density at radius 2 is 1.77 bits per heavy atom. The van der Waals surface area contributed by atoms with Crippen LogP contribution < -0.4 is 10.1 Å². The molecule has 1 aliphatic heterocycles. The molecule has 1 aliphatic rings. The van der Waals surface area contributed by atoms with Gasteiger partial charge in [-0.25, -0.2) is 0 Å². The van der Waals surface area contributed by atoms with Crippen molar-refractivity contribution in [3.8, 4) is 5.75 Å². The van der Waals surface area contributed by atoms with E-state index in [0.717, 1.165) is 12.3 Å². The Hall–Kier alpha value is -1.80. The Bertz CT molecular complexity index is 643. The van der Waals surface area contributed by atoms with E-state index in [1.54, 1.807) is 7.11 Å². The summed E-state index contributed by atoms with van der Waals surface area (Å²) in [6.45, 7) is 7.86. The van der Waals surface area contributed by atoms with Crippen molar-refractivity contribution < 1.29 is 4.74 Å². The maximum atomic E-state index is 5.46. The molecule has 0 radical (unpaired) electrons. The molecule has 3 rings (SSSR count). The van der Waals surface area contributed by atoms with E-state index in [4.69, 9.17) is 4.74 Å². The van der Waals surface area contributed by atoms with Gasteiger partial charge in [-0.05, 0) is 34.2 Å². The molecule has 0 amide bonds. The predicted octanol–water partition coefficient (Wildman–Crippen LogP) is 4.35. The van der Waals surface area contributed by atoms with Gasteiger partial charge >= 0.3 is 0 Å². The summed E-state index contributed by atoms with van der Waals surface area (Å²) >= 11 is 0. The first kappa shape index (κ1) is 15.1. The maximum Gasteiger partial charge on any atom is 0.119 e. The van der Waals surface area contributed by atoms with Crippen LogP contribution in [-0.2, 0) is 6.54 Å². The van der Waals surface area contributed by atoms with E-state index in [1.807, 2.05) is 0 Å². The van der Waals surface area contributed by atoms with Gasteiger partial charge in [0, 0.05) is 18.5 Å². The van der Waals surface area contributed by atoms with E-state index in [9.17, 15) is 0 Å². The highest BCUT2D eigenvalue weighted by Crippen LogP contribution is 2.41. The number of rotatable bonds is 2. The van der Waals surface area contributed by atoms with Crippen molar-refractivity contribution in [2.75, 3.05) is 7.11 Å². The normalized spacial score (nSPS) is 21.3. The van der Waals surface area contributed by atoms with Crippen LogP contribution in [0.1, 0.15) is 43.4 Å². The molecule has 1 heterocycles. The van der Waals surface area contributed by atoms with Crippen LogP contribution in [0.2, 0.25) is 0 Å². The summed E-state index contributed by atoms with van der Waals surface area (Å²) in [5, 5.41) is 3.76. The maximum absolute atomic E-state index is 5.46. The molecular weight excluding hydrogens is 270 g/mol. The van der Waals surface area contributed by atoms with Gasteiger partial charge in [0.15, 0.2) is 0 Å². The van der Waals surface area contributed by atoms with Crippen molar-refractivity contribution in [3.05, 3.63) is 65.2 Å². The summed E-state index contributed by atoms with van der Waals surface area (Å²) in [6.07, 6.45) is 0. The van der Waals surface area contributed by atoms with Gasteiger partial charge in [0.05, 0.1) is 7.11 Å². The molecule has 2 unspecified atom stereocenters. The highest BCUT2D eigenvalue weighted by Gasteiger charge is 2.37. The number of fused-ring (bicyclic) bond motifs is 1. The van der Waals surface area contributed by atoms with Crippen molar-refractivity contribution in [2.45, 2.75) is 39.3 Å². The molecule has 0 aliphatic carbocycles. The first-order chi connectivity index (χ1) is 10.5. The molecule has 0 bridgehead atoms. The van der Waals surface area contributed by atoms with Crippen molar-refractivity contribution in [1.82, 2.24) is 5.32 Å².